The van der Waals surface area contributed by atoms with Crippen LogP contribution in [0.15, 0.2) is 48.9 Å². The topological polar surface area (TPSA) is 66.3 Å². The van der Waals surface area contributed by atoms with Gasteiger partial charge in [-0.3, -0.25) is 9.48 Å². The van der Waals surface area contributed by atoms with Crippen LogP contribution in [0.25, 0.3) is 0 Å². The average molecular weight is 459 g/mol. The summed E-state index contributed by atoms with van der Waals surface area (Å²) in [7, 11) is 4.05. The van der Waals surface area contributed by atoms with Gasteiger partial charge >= 0.3 is 0 Å². The molecule has 1 aromatic carbocycles. The van der Waals surface area contributed by atoms with Crippen molar-refractivity contribution in [3.05, 3.63) is 71.2 Å². The van der Waals surface area contributed by atoms with E-state index in [-0.39, 0.29) is 23.8 Å². The van der Waals surface area contributed by atoms with Gasteiger partial charge in [0, 0.05) is 50.4 Å². The molecule has 0 bridgehead atoms. The number of amides is 1. The van der Waals surface area contributed by atoms with Crippen LogP contribution in [-0.4, -0.2) is 56.7 Å². The van der Waals surface area contributed by atoms with Crippen LogP contribution in [-0.2, 0) is 24.8 Å². The maximum atomic E-state index is 14.0. The highest BCUT2D eigenvalue weighted by molar-refractivity contribution is 5.81. The predicted molar refractivity (Wildman–Crippen MR) is 134 cm³/mol. The number of piperidine rings is 1. The van der Waals surface area contributed by atoms with Crippen molar-refractivity contribution in [2.75, 3.05) is 25.5 Å². The number of anilines is 2. The van der Waals surface area contributed by atoms with E-state index in [1.807, 2.05) is 19.4 Å². The maximum absolute atomic E-state index is 14.0. The number of aryl methyl sites for hydroxylation is 2. The van der Waals surface area contributed by atoms with Crippen molar-refractivity contribution in [2.45, 2.75) is 45.2 Å². The largest absolute Gasteiger partial charge is 0.338 e. The van der Waals surface area contributed by atoms with Crippen molar-refractivity contribution < 1.29 is 4.79 Å². The molecule has 0 radical (unpaired) electrons. The highest BCUT2D eigenvalue weighted by atomic mass is 16.2. The van der Waals surface area contributed by atoms with Crippen LogP contribution in [0.3, 0.4) is 0 Å². The van der Waals surface area contributed by atoms with Gasteiger partial charge in [0.2, 0.25) is 5.91 Å². The Morgan fingerprint density at radius 3 is 2.76 bits per heavy atom. The van der Waals surface area contributed by atoms with Crippen molar-refractivity contribution in [2.24, 2.45) is 13.0 Å². The number of hydrogen-bond acceptors (Lipinski definition) is 5. The summed E-state index contributed by atoms with van der Waals surface area (Å²) in [5, 5.41) is 7.54. The number of hydrogen-bond donors (Lipinski definition) is 1. The summed E-state index contributed by atoms with van der Waals surface area (Å²) in [6.45, 7) is 6.80. The van der Waals surface area contributed by atoms with Crippen LogP contribution in [0.4, 0.5) is 11.5 Å². The molecule has 2 aliphatic heterocycles. The summed E-state index contributed by atoms with van der Waals surface area (Å²) in [5.74, 6) is 1.30. The van der Waals surface area contributed by atoms with Crippen molar-refractivity contribution in [1.82, 2.24) is 24.6 Å². The molecule has 34 heavy (non-hydrogen) atoms. The quantitative estimate of drug-likeness (QED) is 0.643. The molecule has 0 saturated carbocycles. The average Bonchev–Trinajstić information content (AvgIpc) is 3.22. The van der Waals surface area contributed by atoms with Gasteiger partial charge in [0.05, 0.1) is 11.9 Å². The minimum absolute atomic E-state index is 0.0109. The molecule has 1 fully saturated rings. The van der Waals surface area contributed by atoms with Crippen molar-refractivity contribution in [1.29, 1.82) is 0 Å². The first-order valence-electron chi connectivity index (χ1n) is 12.2. The van der Waals surface area contributed by atoms with Gasteiger partial charge in [0.15, 0.2) is 0 Å². The van der Waals surface area contributed by atoms with Gasteiger partial charge in [-0.05, 0) is 63.0 Å². The summed E-state index contributed by atoms with van der Waals surface area (Å²) in [6.07, 6.45) is 7.39. The lowest BCUT2D eigenvalue weighted by Gasteiger charge is -2.42. The Labute approximate surface area is 201 Å². The summed E-state index contributed by atoms with van der Waals surface area (Å²) >= 11 is 0. The van der Waals surface area contributed by atoms with Crippen LogP contribution in [0.2, 0.25) is 0 Å². The number of aromatic nitrogens is 3. The Morgan fingerprint density at radius 1 is 1.15 bits per heavy atom. The fourth-order valence-corrected chi connectivity index (χ4v) is 5.48. The van der Waals surface area contributed by atoms with Crippen molar-refractivity contribution in [3.63, 3.8) is 0 Å². The first-order valence-corrected chi connectivity index (χ1v) is 12.2. The number of nitrogens with zero attached hydrogens (tertiary/aromatic N) is 5. The Kier molecular flexibility index (Phi) is 6.13. The van der Waals surface area contributed by atoms with Gasteiger partial charge in [0.1, 0.15) is 5.82 Å². The van der Waals surface area contributed by atoms with Crippen molar-refractivity contribution in [3.8, 4) is 0 Å². The Bertz CT molecular complexity index is 1190. The number of benzene rings is 1. The normalized spacial score (nSPS) is 22.9. The van der Waals surface area contributed by atoms with Gasteiger partial charge in [-0.2, -0.15) is 5.10 Å². The fourth-order valence-electron chi connectivity index (χ4n) is 5.48. The van der Waals surface area contributed by atoms with Crippen molar-refractivity contribution >= 4 is 17.4 Å². The number of carbonyl (C=O) groups excluding carboxylic acids is 1. The highest BCUT2D eigenvalue weighted by Gasteiger charge is 2.39. The minimum atomic E-state index is 0.0109. The van der Waals surface area contributed by atoms with E-state index < -0.39 is 0 Å². The van der Waals surface area contributed by atoms with Gasteiger partial charge < -0.3 is 15.1 Å². The molecular formula is C27H34N6O. The molecule has 0 unspecified atom stereocenters. The van der Waals surface area contributed by atoms with E-state index in [4.69, 9.17) is 0 Å². The summed E-state index contributed by atoms with van der Waals surface area (Å²) in [6, 6.07) is 10.9. The first kappa shape index (κ1) is 22.6. The van der Waals surface area contributed by atoms with E-state index in [1.54, 1.807) is 10.9 Å². The molecule has 1 saturated heterocycles. The zero-order chi connectivity index (χ0) is 23.8. The molecule has 2 aliphatic rings. The fraction of sp³-hybridized carbons (Fsp3) is 0.444. The summed E-state index contributed by atoms with van der Waals surface area (Å²) < 4.78 is 1.76. The monoisotopic (exact) mass is 458 g/mol. The third-order valence-electron chi connectivity index (χ3n) is 7.33. The molecular weight excluding hydrogens is 424 g/mol. The molecule has 5 rings (SSSR count). The number of likely N-dealkylation sites (tertiary alicyclic amines) is 1. The first-order chi connectivity index (χ1) is 16.4. The number of nitrogens with one attached hydrogen (secondary N) is 1. The van der Waals surface area contributed by atoms with E-state index in [1.165, 1.54) is 22.3 Å². The predicted octanol–water partition coefficient (Wildman–Crippen LogP) is 3.88. The molecule has 3 aromatic rings. The molecule has 4 heterocycles. The van der Waals surface area contributed by atoms with E-state index in [9.17, 15) is 4.79 Å². The number of carbonyl (C=O) groups is 1. The highest BCUT2D eigenvalue weighted by Crippen LogP contribution is 2.36. The van der Waals surface area contributed by atoms with Crippen LogP contribution in [0, 0.1) is 12.8 Å². The Balaban J connectivity index is 1.38. The Hall–Kier alpha value is -3.19. The number of likely N-dealkylation sites (N-methyl/N-ethyl adjacent to an activating group) is 1. The SMILES string of the molecule is Cc1cccc([C@@H]2CN(C)CC[C@H]2C(=O)N2Cc3cc(Nc4cnn(C)c4)ncc3C[C@@H]2C)c1. The Morgan fingerprint density at radius 2 is 2.00 bits per heavy atom. The molecule has 1 amide bonds. The third kappa shape index (κ3) is 4.57. The second-order valence-electron chi connectivity index (χ2n) is 10.1. The van der Waals surface area contributed by atoms with Gasteiger partial charge in [0.25, 0.3) is 0 Å². The minimum Gasteiger partial charge on any atom is -0.338 e. The number of pyridine rings is 1. The molecule has 178 valence electrons. The van der Waals surface area contributed by atoms with E-state index in [0.717, 1.165) is 37.4 Å². The standard InChI is InChI=1S/C27H34N6O/c1-18-6-5-7-20(10-18)25-17-31(3)9-8-24(25)27(34)33-15-22-12-26(28-13-21(22)11-19(33)2)30-23-14-29-32(4)16-23/h5-7,10,12-14,16,19,24-25H,8-9,11,15,17H2,1-4H3,(H,28,30)/t19-,24+,25-/m0/s1. The molecule has 0 aliphatic carbocycles. The molecule has 1 N–H and O–H groups in total. The maximum Gasteiger partial charge on any atom is 0.226 e. The molecule has 7 heteroatoms. The second kappa shape index (κ2) is 9.22. The van der Waals surface area contributed by atoms with E-state index >= 15 is 0 Å². The van der Waals surface area contributed by atoms with Crippen LogP contribution in [0.1, 0.15) is 41.5 Å². The van der Waals surface area contributed by atoms with Crippen LogP contribution < -0.4 is 5.32 Å². The van der Waals surface area contributed by atoms with Crippen LogP contribution >= 0.6 is 0 Å². The smallest absolute Gasteiger partial charge is 0.226 e. The van der Waals surface area contributed by atoms with E-state index in [0.29, 0.717) is 6.54 Å². The zero-order valence-corrected chi connectivity index (χ0v) is 20.5. The molecule has 3 atom stereocenters. The zero-order valence-electron chi connectivity index (χ0n) is 20.5. The third-order valence-corrected chi connectivity index (χ3v) is 7.33. The van der Waals surface area contributed by atoms with Gasteiger partial charge in [-0.1, -0.05) is 29.8 Å². The van der Waals surface area contributed by atoms with Crippen LogP contribution in [0.5, 0.6) is 0 Å². The number of fused-ring (bicyclic) bond motifs is 1. The second-order valence-corrected chi connectivity index (χ2v) is 10.1. The molecule has 0 spiro atoms. The van der Waals surface area contributed by atoms with Gasteiger partial charge in [-0.25, -0.2) is 4.98 Å². The molecule has 2 aromatic heterocycles. The number of rotatable bonds is 4. The lowest BCUT2D eigenvalue weighted by atomic mass is 9.79. The molecule has 7 nitrogen and oxygen atoms in total. The van der Waals surface area contributed by atoms with Gasteiger partial charge in [-0.15, -0.1) is 0 Å². The lowest BCUT2D eigenvalue weighted by molar-refractivity contribution is -0.141. The lowest BCUT2D eigenvalue weighted by Crippen LogP contribution is -2.50. The van der Waals surface area contributed by atoms with E-state index in [2.05, 4.69) is 76.4 Å². The summed E-state index contributed by atoms with van der Waals surface area (Å²) in [4.78, 5) is 23.1. The summed E-state index contributed by atoms with van der Waals surface area (Å²) in [5.41, 5.74) is 5.83.